The molecular formula is C23H28FN3O2. The lowest BCUT2D eigenvalue weighted by Crippen LogP contribution is -2.54. The second kappa shape index (κ2) is 9.65. The minimum Gasteiger partial charge on any atom is -0.340 e. The molecule has 5 nitrogen and oxygen atoms in total. The smallest absolute Gasteiger partial charge is 0.241 e. The Balaban J connectivity index is 1.47. The van der Waals surface area contributed by atoms with Crippen molar-refractivity contribution in [3.8, 4) is 0 Å². The average Bonchev–Trinajstić information content (AvgIpc) is 2.75. The minimum absolute atomic E-state index is 0.0318. The van der Waals surface area contributed by atoms with E-state index in [1.807, 2.05) is 36.1 Å². The number of nitrogens with zero attached hydrogens (tertiary/aromatic N) is 2. The average molecular weight is 397 g/mol. The lowest BCUT2D eigenvalue weighted by molar-refractivity contribution is -0.133. The zero-order chi connectivity index (χ0) is 20.8. The standard InChI is InChI=1S/C23H28FN3O2/c1-3-18-6-10-21(11-7-18)25-23(29)17(2)26-12-14-27(15-13-26)22(28)16-19-4-8-20(24)9-5-19/h4-11,17H,3,12-16H2,1-2H3,(H,25,29). The molecule has 154 valence electrons. The van der Waals surface area contributed by atoms with Gasteiger partial charge in [-0.05, 0) is 48.7 Å². The Morgan fingerprint density at radius 1 is 0.966 bits per heavy atom. The summed E-state index contributed by atoms with van der Waals surface area (Å²) >= 11 is 0. The van der Waals surface area contributed by atoms with Gasteiger partial charge in [0, 0.05) is 31.9 Å². The normalized spacial score (nSPS) is 15.8. The van der Waals surface area contributed by atoms with Crippen LogP contribution in [0.25, 0.3) is 0 Å². The van der Waals surface area contributed by atoms with Gasteiger partial charge in [-0.25, -0.2) is 4.39 Å². The molecule has 3 rings (SSSR count). The Bertz CT molecular complexity index is 828. The van der Waals surface area contributed by atoms with E-state index in [0.29, 0.717) is 26.2 Å². The van der Waals surface area contributed by atoms with Gasteiger partial charge in [0.25, 0.3) is 0 Å². The molecule has 6 heteroatoms. The van der Waals surface area contributed by atoms with Crippen molar-refractivity contribution in [3.05, 3.63) is 65.5 Å². The first-order valence-corrected chi connectivity index (χ1v) is 10.1. The lowest BCUT2D eigenvalue weighted by atomic mass is 10.1. The third-order valence-corrected chi connectivity index (χ3v) is 5.49. The van der Waals surface area contributed by atoms with Crippen molar-refractivity contribution in [2.24, 2.45) is 0 Å². The van der Waals surface area contributed by atoms with E-state index in [9.17, 15) is 14.0 Å². The highest BCUT2D eigenvalue weighted by Gasteiger charge is 2.27. The molecule has 1 aliphatic heterocycles. The van der Waals surface area contributed by atoms with Crippen LogP contribution >= 0.6 is 0 Å². The number of carbonyl (C=O) groups is 2. The van der Waals surface area contributed by atoms with Crippen molar-refractivity contribution in [1.82, 2.24) is 9.80 Å². The van der Waals surface area contributed by atoms with E-state index < -0.39 is 0 Å². The molecule has 2 aromatic carbocycles. The fourth-order valence-electron chi connectivity index (χ4n) is 3.48. The predicted molar refractivity (Wildman–Crippen MR) is 112 cm³/mol. The van der Waals surface area contributed by atoms with Gasteiger partial charge in [0.1, 0.15) is 5.82 Å². The second-order valence-electron chi connectivity index (χ2n) is 7.44. The number of rotatable bonds is 6. The minimum atomic E-state index is -0.302. The van der Waals surface area contributed by atoms with E-state index >= 15 is 0 Å². The van der Waals surface area contributed by atoms with Crippen LogP contribution in [0.4, 0.5) is 10.1 Å². The molecule has 1 saturated heterocycles. The van der Waals surface area contributed by atoms with E-state index in [4.69, 9.17) is 0 Å². The molecule has 1 atom stereocenters. The fraction of sp³-hybridized carbons (Fsp3) is 0.391. The van der Waals surface area contributed by atoms with Crippen molar-refractivity contribution in [2.45, 2.75) is 32.7 Å². The van der Waals surface area contributed by atoms with Crippen LogP contribution in [-0.2, 0) is 22.4 Å². The van der Waals surface area contributed by atoms with Crippen LogP contribution in [-0.4, -0.2) is 53.8 Å². The van der Waals surface area contributed by atoms with Gasteiger partial charge in [-0.1, -0.05) is 31.2 Å². The number of anilines is 1. The first-order valence-electron chi connectivity index (χ1n) is 10.1. The number of benzene rings is 2. The maximum Gasteiger partial charge on any atom is 0.241 e. The maximum atomic E-state index is 13.0. The first-order chi connectivity index (χ1) is 14.0. The van der Waals surface area contributed by atoms with Gasteiger partial charge < -0.3 is 10.2 Å². The molecule has 1 aliphatic rings. The second-order valence-corrected chi connectivity index (χ2v) is 7.44. The number of hydrogen-bond donors (Lipinski definition) is 1. The van der Waals surface area contributed by atoms with E-state index in [1.54, 1.807) is 12.1 Å². The van der Waals surface area contributed by atoms with Gasteiger partial charge in [0.2, 0.25) is 11.8 Å². The van der Waals surface area contributed by atoms with Crippen molar-refractivity contribution in [2.75, 3.05) is 31.5 Å². The molecule has 0 bridgehead atoms. The largest absolute Gasteiger partial charge is 0.340 e. The Morgan fingerprint density at radius 2 is 1.55 bits per heavy atom. The molecule has 2 aromatic rings. The Labute approximate surface area is 171 Å². The molecule has 1 N–H and O–H groups in total. The van der Waals surface area contributed by atoms with Crippen LogP contribution in [0.3, 0.4) is 0 Å². The quantitative estimate of drug-likeness (QED) is 0.815. The third-order valence-electron chi connectivity index (χ3n) is 5.49. The monoisotopic (exact) mass is 397 g/mol. The predicted octanol–water partition coefficient (Wildman–Crippen LogP) is 3.10. The van der Waals surface area contributed by atoms with Crippen LogP contribution in [0, 0.1) is 5.82 Å². The summed E-state index contributed by atoms with van der Waals surface area (Å²) in [5.74, 6) is -0.312. The molecular weight excluding hydrogens is 369 g/mol. The van der Waals surface area contributed by atoms with Gasteiger partial charge >= 0.3 is 0 Å². The third kappa shape index (κ3) is 5.64. The van der Waals surface area contributed by atoms with E-state index in [0.717, 1.165) is 17.7 Å². The molecule has 1 unspecified atom stereocenters. The summed E-state index contributed by atoms with van der Waals surface area (Å²) in [6, 6.07) is 13.7. The van der Waals surface area contributed by atoms with Crippen molar-refractivity contribution < 1.29 is 14.0 Å². The summed E-state index contributed by atoms with van der Waals surface area (Å²) in [6.45, 7) is 6.47. The fourth-order valence-corrected chi connectivity index (χ4v) is 3.48. The Hall–Kier alpha value is -2.73. The van der Waals surface area contributed by atoms with Gasteiger partial charge in [0.15, 0.2) is 0 Å². The zero-order valence-corrected chi connectivity index (χ0v) is 17.0. The van der Waals surface area contributed by atoms with Crippen molar-refractivity contribution in [1.29, 1.82) is 0 Å². The van der Waals surface area contributed by atoms with E-state index in [2.05, 4.69) is 17.1 Å². The molecule has 0 aliphatic carbocycles. The van der Waals surface area contributed by atoms with Crippen LogP contribution in [0.1, 0.15) is 25.0 Å². The summed E-state index contributed by atoms with van der Waals surface area (Å²) in [4.78, 5) is 29.0. The molecule has 0 radical (unpaired) electrons. The molecule has 1 fully saturated rings. The number of aryl methyl sites for hydroxylation is 1. The molecule has 0 aromatic heterocycles. The maximum absolute atomic E-state index is 13.0. The number of nitrogens with one attached hydrogen (secondary N) is 1. The van der Waals surface area contributed by atoms with Crippen molar-refractivity contribution >= 4 is 17.5 Å². The number of piperazine rings is 1. The van der Waals surface area contributed by atoms with Gasteiger partial charge in [-0.2, -0.15) is 0 Å². The topological polar surface area (TPSA) is 52.7 Å². The molecule has 0 saturated carbocycles. The lowest BCUT2D eigenvalue weighted by Gasteiger charge is -2.37. The van der Waals surface area contributed by atoms with Gasteiger partial charge in [-0.3, -0.25) is 14.5 Å². The van der Waals surface area contributed by atoms with Crippen LogP contribution in [0.2, 0.25) is 0 Å². The number of carbonyl (C=O) groups excluding carboxylic acids is 2. The molecule has 0 spiro atoms. The van der Waals surface area contributed by atoms with E-state index in [1.165, 1.54) is 17.7 Å². The summed E-state index contributed by atoms with van der Waals surface area (Å²) in [5.41, 5.74) is 2.84. The summed E-state index contributed by atoms with van der Waals surface area (Å²) < 4.78 is 13.0. The summed E-state index contributed by atoms with van der Waals surface area (Å²) in [6.07, 6.45) is 1.23. The highest BCUT2D eigenvalue weighted by molar-refractivity contribution is 5.94. The molecule has 2 amide bonds. The number of amides is 2. The number of hydrogen-bond acceptors (Lipinski definition) is 3. The van der Waals surface area contributed by atoms with Crippen LogP contribution in [0.15, 0.2) is 48.5 Å². The highest BCUT2D eigenvalue weighted by atomic mass is 19.1. The Morgan fingerprint density at radius 3 is 2.14 bits per heavy atom. The molecule has 1 heterocycles. The molecule has 29 heavy (non-hydrogen) atoms. The van der Waals surface area contributed by atoms with Gasteiger partial charge in [-0.15, -0.1) is 0 Å². The van der Waals surface area contributed by atoms with Crippen molar-refractivity contribution in [3.63, 3.8) is 0 Å². The zero-order valence-electron chi connectivity index (χ0n) is 17.0. The SMILES string of the molecule is CCc1ccc(NC(=O)C(C)N2CCN(C(=O)Cc3ccc(F)cc3)CC2)cc1. The summed E-state index contributed by atoms with van der Waals surface area (Å²) in [7, 11) is 0. The number of halogens is 1. The summed E-state index contributed by atoms with van der Waals surface area (Å²) in [5, 5.41) is 2.97. The highest BCUT2D eigenvalue weighted by Crippen LogP contribution is 2.14. The van der Waals surface area contributed by atoms with Crippen LogP contribution < -0.4 is 5.32 Å². The van der Waals surface area contributed by atoms with Gasteiger partial charge in [0.05, 0.1) is 12.5 Å². The Kier molecular flexibility index (Phi) is 6.99. The van der Waals surface area contributed by atoms with Crippen LogP contribution in [0.5, 0.6) is 0 Å². The first kappa shape index (κ1) is 21.0. The van der Waals surface area contributed by atoms with E-state index in [-0.39, 0.29) is 30.1 Å².